The van der Waals surface area contributed by atoms with Crippen LogP contribution in [-0.4, -0.2) is 79.1 Å². The maximum absolute atomic E-state index is 12.5. The van der Waals surface area contributed by atoms with Crippen LogP contribution in [0.2, 0.25) is 0 Å². The third-order valence-electron chi connectivity index (χ3n) is 5.00. The Hall–Kier alpha value is -1.55. The smallest absolute Gasteiger partial charge is 0.242 e. The molecule has 2 atom stereocenters. The molecule has 1 aliphatic rings. The Bertz CT molecular complexity index is 495. The van der Waals surface area contributed by atoms with Gasteiger partial charge in [0.25, 0.3) is 0 Å². The first-order valence-electron chi connectivity index (χ1n) is 10.3. The van der Waals surface area contributed by atoms with E-state index in [0.717, 1.165) is 45.6 Å². The van der Waals surface area contributed by atoms with Crippen LogP contribution in [-0.2, 0) is 14.4 Å². The number of Topliss-reactive ketones (excluding diaryl/α,β-unsaturated/α-hetero) is 1. The van der Waals surface area contributed by atoms with Gasteiger partial charge in [-0.2, -0.15) is 5.48 Å². The molecule has 28 heavy (non-hydrogen) atoms. The summed E-state index contributed by atoms with van der Waals surface area (Å²) in [5, 5.41) is 17.9. The van der Waals surface area contributed by atoms with Crippen LogP contribution < -0.4 is 21.4 Å². The van der Waals surface area contributed by atoms with Crippen molar-refractivity contribution < 1.29 is 19.6 Å². The Morgan fingerprint density at radius 1 is 1.11 bits per heavy atom. The Morgan fingerprint density at radius 2 is 1.79 bits per heavy atom. The van der Waals surface area contributed by atoms with E-state index in [1.165, 1.54) is 0 Å². The molecule has 2 amide bonds. The summed E-state index contributed by atoms with van der Waals surface area (Å²) in [6, 6.07) is -1.52. The van der Waals surface area contributed by atoms with Crippen molar-refractivity contribution in [1.82, 2.24) is 26.3 Å². The van der Waals surface area contributed by atoms with Crippen LogP contribution in [0.25, 0.3) is 0 Å². The molecule has 0 aromatic heterocycles. The van der Waals surface area contributed by atoms with Crippen LogP contribution in [0, 0.1) is 5.92 Å². The first-order valence-corrected chi connectivity index (χ1v) is 10.3. The second-order valence-corrected chi connectivity index (χ2v) is 7.61. The molecular formula is C19H37N5O4. The number of carbonyl (C=O) groups excluding carboxylic acids is 3. The van der Waals surface area contributed by atoms with Crippen molar-refractivity contribution in [3.63, 3.8) is 0 Å². The average molecular weight is 400 g/mol. The Morgan fingerprint density at radius 3 is 2.36 bits per heavy atom. The highest BCUT2D eigenvalue weighted by molar-refractivity contribution is 5.92. The lowest BCUT2D eigenvalue weighted by molar-refractivity contribution is -0.133. The minimum absolute atomic E-state index is 0.0334. The van der Waals surface area contributed by atoms with Gasteiger partial charge in [0.05, 0.1) is 6.54 Å². The number of rotatable bonds is 13. The maximum atomic E-state index is 12.5. The van der Waals surface area contributed by atoms with E-state index in [9.17, 15) is 19.6 Å². The summed E-state index contributed by atoms with van der Waals surface area (Å²) in [7, 11) is 0. The Labute approximate surface area is 167 Å². The van der Waals surface area contributed by atoms with Gasteiger partial charge >= 0.3 is 0 Å². The van der Waals surface area contributed by atoms with Crippen LogP contribution in [0.1, 0.15) is 46.5 Å². The van der Waals surface area contributed by atoms with Gasteiger partial charge in [-0.05, 0) is 31.7 Å². The number of ketones is 1. The summed E-state index contributed by atoms with van der Waals surface area (Å²) in [5.41, 5.74) is 2.00. The highest BCUT2D eigenvalue weighted by Gasteiger charge is 2.27. The standard InChI is InChI=1S/C19H37N5O4/c1-4-15(25)13-21-18(26)16(22-19(27)17(23-28)14(2)3)7-5-6-10-24-11-8-20-9-12-24/h14,16-17,20,23,28H,4-13H2,1-3H3,(H,21,26)(H,22,27)/t16-,17-/m0/s1. The number of hydrogen-bond acceptors (Lipinski definition) is 7. The van der Waals surface area contributed by atoms with Gasteiger partial charge in [-0.3, -0.25) is 14.4 Å². The second kappa shape index (κ2) is 13.6. The Balaban J connectivity index is 2.56. The normalized spacial score (nSPS) is 17.2. The maximum Gasteiger partial charge on any atom is 0.242 e. The van der Waals surface area contributed by atoms with Gasteiger partial charge in [0.2, 0.25) is 11.8 Å². The van der Waals surface area contributed by atoms with Gasteiger partial charge < -0.3 is 26.1 Å². The van der Waals surface area contributed by atoms with Crippen molar-refractivity contribution in [2.24, 2.45) is 5.92 Å². The SMILES string of the molecule is CCC(=O)CNC(=O)[C@H](CCCCN1CCNCC1)NC(=O)[C@@H](NO)C(C)C. The molecule has 0 aliphatic carbocycles. The van der Waals surface area contributed by atoms with Gasteiger partial charge in [0.1, 0.15) is 12.1 Å². The number of hydroxylamine groups is 1. The predicted octanol–water partition coefficient (Wildman–Crippen LogP) is -0.355. The zero-order chi connectivity index (χ0) is 20.9. The third-order valence-corrected chi connectivity index (χ3v) is 5.00. The van der Waals surface area contributed by atoms with Gasteiger partial charge in [-0.15, -0.1) is 0 Å². The molecule has 9 nitrogen and oxygen atoms in total. The molecule has 1 heterocycles. The topological polar surface area (TPSA) is 123 Å². The molecule has 0 aromatic rings. The van der Waals surface area contributed by atoms with E-state index in [4.69, 9.17) is 0 Å². The molecule has 5 N–H and O–H groups in total. The largest absolute Gasteiger partial charge is 0.347 e. The lowest BCUT2D eigenvalue weighted by Gasteiger charge is -2.27. The molecule has 162 valence electrons. The zero-order valence-corrected chi connectivity index (χ0v) is 17.4. The van der Waals surface area contributed by atoms with Gasteiger partial charge in [0, 0.05) is 32.6 Å². The summed E-state index contributed by atoms with van der Waals surface area (Å²) in [4.78, 5) is 38.8. The summed E-state index contributed by atoms with van der Waals surface area (Å²) in [5.74, 6) is -0.989. The highest BCUT2D eigenvalue weighted by Crippen LogP contribution is 2.07. The number of amides is 2. The molecular weight excluding hydrogens is 362 g/mol. The van der Waals surface area contributed by atoms with Crippen molar-refractivity contribution in [2.75, 3.05) is 39.3 Å². The van der Waals surface area contributed by atoms with Crippen LogP contribution in [0.3, 0.4) is 0 Å². The van der Waals surface area contributed by atoms with E-state index < -0.39 is 18.0 Å². The van der Waals surface area contributed by atoms with Gasteiger partial charge in [-0.25, -0.2) is 0 Å². The molecule has 1 fully saturated rings. The van der Waals surface area contributed by atoms with Crippen LogP contribution in [0.15, 0.2) is 0 Å². The molecule has 0 radical (unpaired) electrons. The van der Waals surface area contributed by atoms with Crippen molar-refractivity contribution in [2.45, 2.75) is 58.5 Å². The molecule has 1 aliphatic heterocycles. The fraction of sp³-hybridized carbons (Fsp3) is 0.842. The first-order chi connectivity index (χ1) is 13.4. The van der Waals surface area contributed by atoms with Crippen molar-refractivity contribution in [3.05, 3.63) is 0 Å². The fourth-order valence-corrected chi connectivity index (χ4v) is 3.09. The lowest BCUT2D eigenvalue weighted by atomic mass is 10.0. The van der Waals surface area contributed by atoms with E-state index in [0.29, 0.717) is 12.8 Å². The monoisotopic (exact) mass is 399 g/mol. The number of unbranched alkanes of at least 4 members (excludes halogenated alkanes) is 1. The highest BCUT2D eigenvalue weighted by atomic mass is 16.5. The van der Waals surface area contributed by atoms with Crippen LogP contribution in [0.5, 0.6) is 0 Å². The van der Waals surface area contributed by atoms with E-state index in [1.54, 1.807) is 20.8 Å². The van der Waals surface area contributed by atoms with Crippen molar-refractivity contribution >= 4 is 17.6 Å². The lowest BCUT2D eigenvalue weighted by Crippen LogP contribution is -2.54. The summed E-state index contributed by atoms with van der Waals surface area (Å²) in [6.07, 6.45) is 2.55. The Kier molecular flexibility index (Phi) is 11.9. The minimum atomic E-state index is -0.798. The number of nitrogens with zero attached hydrogens (tertiary/aromatic N) is 1. The molecule has 1 saturated heterocycles. The van der Waals surface area contributed by atoms with E-state index in [1.807, 2.05) is 5.48 Å². The van der Waals surface area contributed by atoms with E-state index in [-0.39, 0.29) is 24.2 Å². The molecule has 9 heteroatoms. The van der Waals surface area contributed by atoms with Gasteiger partial charge in [-0.1, -0.05) is 20.8 Å². The van der Waals surface area contributed by atoms with E-state index >= 15 is 0 Å². The molecule has 0 saturated carbocycles. The molecule has 1 rings (SSSR count). The average Bonchev–Trinajstić information content (AvgIpc) is 2.69. The number of carbonyl (C=O) groups is 3. The summed E-state index contributed by atoms with van der Waals surface area (Å²) >= 11 is 0. The predicted molar refractivity (Wildman–Crippen MR) is 107 cm³/mol. The first kappa shape index (κ1) is 24.5. The molecule has 0 bridgehead atoms. The minimum Gasteiger partial charge on any atom is -0.347 e. The fourth-order valence-electron chi connectivity index (χ4n) is 3.09. The van der Waals surface area contributed by atoms with Crippen molar-refractivity contribution in [3.8, 4) is 0 Å². The number of piperazine rings is 1. The zero-order valence-electron chi connectivity index (χ0n) is 17.4. The third kappa shape index (κ3) is 9.09. The van der Waals surface area contributed by atoms with Crippen LogP contribution in [0.4, 0.5) is 0 Å². The molecule has 0 unspecified atom stereocenters. The number of hydrogen-bond donors (Lipinski definition) is 5. The molecule has 0 aromatic carbocycles. The van der Waals surface area contributed by atoms with Crippen LogP contribution >= 0.6 is 0 Å². The van der Waals surface area contributed by atoms with E-state index in [2.05, 4.69) is 20.9 Å². The van der Waals surface area contributed by atoms with Gasteiger partial charge in [0.15, 0.2) is 5.78 Å². The molecule has 0 spiro atoms. The quantitative estimate of drug-likeness (QED) is 0.212. The van der Waals surface area contributed by atoms with Crippen molar-refractivity contribution in [1.29, 1.82) is 0 Å². The second-order valence-electron chi connectivity index (χ2n) is 7.61. The summed E-state index contributed by atoms with van der Waals surface area (Å²) in [6.45, 7) is 10.3. The number of nitrogens with one attached hydrogen (secondary N) is 4. The summed E-state index contributed by atoms with van der Waals surface area (Å²) < 4.78 is 0.